The van der Waals surface area contributed by atoms with Crippen LogP contribution in [0.3, 0.4) is 0 Å². The summed E-state index contributed by atoms with van der Waals surface area (Å²) in [5, 5.41) is 3.08. The summed E-state index contributed by atoms with van der Waals surface area (Å²) < 4.78 is 5.90. The molecule has 1 atom stereocenters. The number of carbonyl (C=O) groups is 1. The summed E-state index contributed by atoms with van der Waals surface area (Å²) in [7, 11) is 0. The van der Waals surface area contributed by atoms with E-state index in [1.165, 1.54) is 11.1 Å². The highest BCUT2D eigenvalue weighted by Gasteiger charge is 2.13. The number of hydrogen-bond acceptors (Lipinski definition) is 3. The van der Waals surface area contributed by atoms with Crippen molar-refractivity contribution >= 4 is 17.0 Å². The van der Waals surface area contributed by atoms with Crippen molar-refractivity contribution in [3.63, 3.8) is 0 Å². The molecule has 0 saturated heterocycles. The summed E-state index contributed by atoms with van der Waals surface area (Å²) in [5.41, 5.74) is 4.57. The second-order valence-corrected chi connectivity index (χ2v) is 7.67. The first-order chi connectivity index (χ1) is 14.7. The molecule has 0 spiro atoms. The number of hydrogen-bond donors (Lipinski definition) is 1. The molecule has 0 aliphatic carbocycles. The van der Waals surface area contributed by atoms with Crippen LogP contribution in [0.25, 0.3) is 11.1 Å². The minimum Gasteiger partial charge on any atom is -0.441 e. The molecule has 1 heterocycles. The van der Waals surface area contributed by atoms with E-state index < -0.39 is 0 Å². The van der Waals surface area contributed by atoms with Crippen LogP contribution in [-0.4, -0.2) is 16.9 Å². The molecule has 4 nitrogen and oxygen atoms in total. The standard InChI is InChI=1S/C26H26N2O2/c1-19(12-13-20-8-4-2-5-9-20)27-26(29)22-15-16-23-24(18-22)30-25(28-23)17-14-21-10-6-3-7-11-21/h2-11,15-16,18-19H,12-14,17H2,1H3,(H,27,29)/t19-/m1/s1. The predicted octanol–water partition coefficient (Wildman–Crippen LogP) is 5.36. The maximum absolute atomic E-state index is 12.7. The van der Waals surface area contributed by atoms with Gasteiger partial charge >= 0.3 is 0 Å². The summed E-state index contributed by atoms with van der Waals surface area (Å²) in [5.74, 6) is 0.613. The van der Waals surface area contributed by atoms with Crippen molar-refractivity contribution in [2.24, 2.45) is 0 Å². The van der Waals surface area contributed by atoms with Gasteiger partial charge in [0, 0.05) is 18.0 Å². The number of nitrogens with zero attached hydrogens (tertiary/aromatic N) is 1. The molecule has 1 aromatic heterocycles. The quantitative estimate of drug-likeness (QED) is 0.434. The van der Waals surface area contributed by atoms with E-state index >= 15 is 0 Å². The molecule has 0 fully saturated rings. The van der Waals surface area contributed by atoms with E-state index in [4.69, 9.17) is 4.42 Å². The Morgan fingerprint density at radius 2 is 1.57 bits per heavy atom. The molecule has 30 heavy (non-hydrogen) atoms. The molecular formula is C26H26N2O2. The fourth-order valence-electron chi connectivity index (χ4n) is 3.52. The molecule has 0 bridgehead atoms. The van der Waals surface area contributed by atoms with Gasteiger partial charge in [-0.15, -0.1) is 0 Å². The molecule has 0 saturated carbocycles. The monoisotopic (exact) mass is 398 g/mol. The van der Waals surface area contributed by atoms with E-state index in [1.54, 1.807) is 6.07 Å². The average molecular weight is 399 g/mol. The van der Waals surface area contributed by atoms with Crippen LogP contribution in [0, 0.1) is 0 Å². The Kier molecular flexibility index (Phi) is 6.23. The molecular weight excluding hydrogens is 372 g/mol. The molecule has 3 aromatic carbocycles. The van der Waals surface area contributed by atoms with Gasteiger partial charge in [0.2, 0.25) is 0 Å². The van der Waals surface area contributed by atoms with Gasteiger partial charge in [0.25, 0.3) is 5.91 Å². The van der Waals surface area contributed by atoms with Gasteiger partial charge in [-0.2, -0.15) is 0 Å². The van der Waals surface area contributed by atoms with Gasteiger partial charge in [-0.25, -0.2) is 4.98 Å². The van der Waals surface area contributed by atoms with E-state index in [9.17, 15) is 4.79 Å². The molecule has 0 aliphatic rings. The normalized spacial score (nSPS) is 12.0. The molecule has 1 N–H and O–H groups in total. The highest BCUT2D eigenvalue weighted by atomic mass is 16.3. The van der Waals surface area contributed by atoms with Gasteiger partial charge in [0.1, 0.15) is 5.52 Å². The van der Waals surface area contributed by atoms with Crippen LogP contribution in [0.5, 0.6) is 0 Å². The number of amides is 1. The zero-order chi connectivity index (χ0) is 20.8. The van der Waals surface area contributed by atoms with Gasteiger partial charge in [-0.3, -0.25) is 4.79 Å². The first kappa shape index (κ1) is 19.9. The van der Waals surface area contributed by atoms with Crippen molar-refractivity contribution in [1.29, 1.82) is 0 Å². The zero-order valence-electron chi connectivity index (χ0n) is 17.2. The molecule has 4 heteroatoms. The number of aryl methyl sites for hydroxylation is 3. The van der Waals surface area contributed by atoms with Crippen LogP contribution >= 0.6 is 0 Å². The predicted molar refractivity (Wildman–Crippen MR) is 120 cm³/mol. The van der Waals surface area contributed by atoms with Crippen LogP contribution < -0.4 is 5.32 Å². The number of rotatable bonds is 8. The highest BCUT2D eigenvalue weighted by molar-refractivity contribution is 5.97. The highest BCUT2D eigenvalue weighted by Crippen LogP contribution is 2.19. The molecule has 0 radical (unpaired) electrons. The number of oxazole rings is 1. The Balaban J connectivity index is 1.35. The Morgan fingerprint density at radius 3 is 2.27 bits per heavy atom. The molecule has 4 aromatic rings. The van der Waals surface area contributed by atoms with Crippen LogP contribution in [0.2, 0.25) is 0 Å². The van der Waals surface area contributed by atoms with Crippen molar-refractivity contribution in [2.45, 2.75) is 38.6 Å². The summed E-state index contributed by atoms with van der Waals surface area (Å²) in [6.45, 7) is 2.04. The van der Waals surface area contributed by atoms with E-state index in [-0.39, 0.29) is 11.9 Å². The third-order valence-corrected chi connectivity index (χ3v) is 5.25. The topological polar surface area (TPSA) is 55.1 Å². The minimum atomic E-state index is -0.0836. The van der Waals surface area contributed by atoms with Crippen LogP contribution in [0.1, 0.15) is 40.7 Å². The Bertz CT molecular complexity index is 1100. The second kappa shape index (κ2) is 9.40. The number of benzene rings is 3. The fourth-order valence-corrected chi connectivity index (χ4v) is 3.52. The smallest absolute Gasteiger partial charge is 0.251 e. The lowest BCUT2D eigenvalue weighted by Gasteiger charge is -2.14. The lowest BCUT2D eigenvalue weighted by Crippen LogP contribution is -2.32. The van der Waals surface area contributed by atoms with E-state index in [2.05, 4.69) is 34.6 Å². The molecule has 0 aliphatic heterocycles. The summed E-state index contributed by atoms with van der Waals surface area (Å²) in [6, 6.07) is 26.1. The SMILES string of the molecule is C[C@H](CCc1ccccc1)NC(=O)c1ccc2nc(CCc3ccccc3)oc2c1. The molecule has 4 rings (SSSR count). The van der Waals surface area contributed by atoms with Crippen LogP contribution in [0.15, 0.2) is 83.3 Å². The second-order valence-electron chi connectivity index (χ2n) is 7.67. The zero-order valence-corrected chi connectivity index (χ0v) is 17.2. The van der Waals surface area contributed by atoms with Gasteiger partial charge in [-0.05, 0) is 55.5 Å². The van der Waals surface area contributed by atoms with Crippen molar-refractivity contribution in [3.8, 4) is 0 Å². The summed E-state index contributed by atoms with van der Waals surface area (Å²) in [6.07, 6.45) is 3.44. The van der Waals surface area contributed by atoms with Gasteiger partial charge in [-0.1, -0.05) is 60.7 Å². The minimum absolute atomic E-state index is 0.0836. The largest absolute Gasteiger partial charge is 0.441 e. The van der Waals surface area contributed by atoms with Gasteiger partial charge in [0.05, 0.1) is 0 Å². The van der Waals surface area contributed by atoms with Crippen molar-refractivity contribution in [3.05, 3.63) is 101 Å². The third kappa shape index (κ3) is 5.15. The number of aromatic nitrogens is 1. The summed E-state index contributed by atoms with van der Waals surface area (Å²) in [4.78, 5) is 17.2. The first-order valence-corrected chi connectivity index (χ1v) is 10.5. The Labute approximate surface area is 177 Å². The Hall–Kier alpha value is -3.40. The Morgan fingerprint density at radius 1 is 0.900 bits per heavy atom. The first-order valence-electron chi connectivity index (χ1n) is 10.5. The number of carbonyl (C=O) groups excluding carboxylic acids is 1. The van der Waals surface area contributed by atoms with E-state index in [1.807, 2.05) is 55.5 Å². The maximum atomic E-state index is 12.7. The van der Waals surface area contributed by atoms with Gasteiger partial charge < -0.3 is 9.73 Å². The van der Waals surface area contributed by atoms with Crippen molar-refractivity contribution in [2.75, 3.05) is 0 Å². The lowest BCUT2D eigenvalue weighted by atomic mass is 10.1. The van der Waals surface area contributed by atoms with Crippen molar-refractivity contribution < 1.29 is 9.21 Å². The fraction of sp³-hybridized carbons (Fsp3) is 0.231. The van der Waals surface area contributed by atoms with E-state index in [0.29, 0.717) is 17.0 Å². The third-order valence-electron chi connectivity index (χ3n) is 5.25. The van der Waals surface area contributed by atoms with Gasteiger partial charge in [0.15, 0.2) is 11.5 Å². The van der Waals surface area contributed by atoms with Crippen molar-refractivity contribution in [1.82, 2.24) is 10.3 Å². The number of fused-ring (bicyclic) bond motifs is 1. The molecule has 0 unspecified atom stereocenters. The lowest BCUT2D eigenvalue weighted by molar-refractivity contribution is 0.0938. The molecule has 152 valence electrons. The average Bonchev–Trinajstić information content (AvgIpc) is 3.20. The summed E-state index contributed by atoms with van der Waals surface area (Å²) >= 11 is 0. The molecule has 1 amide bonds. The number of nitrogens with one attached hydrogen (secondary N) is 1. The van der Waals surface area contributed by atoms with E-state index in [0.717, 1.165) is 31.2 Å². The van der Waals surface area contributed by atoms with Crippen LogP contribution in [-0.2, 0) is 19.3 Å². The van der Waals surface area contributed by atoms with Crippen LogP contribution in [0.4, 0.5) is 0 Å². The maximum Gasteiger partial charge on any atom is 0.251 e.